The Morgan fingerprint density at radius 1 is 1.36 bits per heavy atom. The molecule has 2 nitrogen and oxygen atoms in total. The molecule has 0 bridgehead atoms. The largest absolute Gasteiger partial charge is 0.385 e. The van der Waals surface area contributed by atoms with E-state index in [1.165, 1.54) is 43.6 Å². The van der Waals surface area contributed by atoms with Crippen molar-refractivity contribution in [2.75, 3.05) is 25.2 Å². The van der Waals surface area contributed by atoms with Crippen molar-refractivity contribution in [2.24, 2.45) is 0 Å². The summed E-state index contributed by atoms with van der Waals surface area (Å²) in [6, 6.07) is 0.787. The van der Waals surface area contributed by atoms with Crippen LogP contribution in [0.4, 0.5) is 0 Å². The highest BCUT2D eigenvalue weighted by Gasteiger charge is 2.36. The Labute approximate surface area is 91.2 Å². The zero-order valence-corrected chi connectivity index (χ0v) is 9.87. The minimum atomic E-state index is 0.432. The molecule has 2 fully saturated rings. The van der Waals surface area contributed by atoms with Gasteiger partial charge < -0.3 is 10.1 Å². The van der Waals surface area contributed by atoms with Gasteiger partial charge in [-0.15, -0.1) is 0 Å². The molecule has 0 aromatic carbocycles. The van der Waals surface area contributed by atoms with Gasteiger partial charge >= 0.3 is 0 Å². The summed E-state index contributed by atoms with van der Waals surface area (Å²) in [5.41, 5.74) is 0.432. The van der Waals surface area contributed by atoms with E-state index in [9.17, 15) is 0 Å². The van der Waals surface area contributed by atoms with Crippen molar-refractivity contribution in [1.29, 1.82) is 0 Å². The van der Waals surface area contributed by atoms with Crippen LogP contribution >= 0.6 is 11.8 Å². The number of nitrogens with one attached hydrogen (secondary N) is 1. The summed E-state index contributed by atoms with van der Waals surface area (Å²) in [6.07, 6.45) is 6.72. The molecule has 0 radical (unpaired) electrons. The second kappa shape index (κ2) is 4.86. The van der Waals surface area contributed by atoms with Crippen LogP contribution in [0.3, 0.4) is 0 Å². The van der Waals surface area contributed by atoms with E-state index in [2.05, 4.69) is 17.1 Å². The standard InChI is InChI=1S/C11H21NOS/c1-13-7-6-11(4-2-3-5-11)12-10-8-14-9-10/h10,12H,2-9H2,1H3. The van der Waals surface area contributed by atoms with E-state index in [-0.39, 0.29) is 0 Å². The van der Waals surface area contributed by atoms with Gasteiger partial charge in [-0.05, 0) is 19.3 Å². The third-order valence-electron chi connectivity index (χ3n) is 3.49. The molecule has 1 saturated heterocycles. The zero-order chi connectivity index (χ0) is 9.86. The molecule has 1 saturated carbocycles. The van der Waals surface area contributed by atoms with Crippen molar-refractivity contribution in [2.45, 2.75) is 43.7 Å². The number of hydrogen-bond donors (Lipinski definition) is 1. The van der Waals surface area contributed by atoms with Gasteiger partial charge in [-0.2, -0.15) is 11.8 Å². The Kier molecular flexibility index (Phi) is 3.74. The van der Waals surface area contributed by atoms with Gasteiger partial charge in [0.05, 0.1) is 0 Å². The van der Waals surface area contributed by atoms with Gasteiger partial charge in [0.2, 0.25) is 0 Å². The number of methoxy groups -OCH3 is 1. The summed E-state index contributed by atoms with van der Waals surface area (Å²) >= 11 is 2.06. The van der Waals surface area contributed by atoms with Crippen LogP contribution in [0.25, 0.3) is 0 Å². The molecule has 0 atom stereocenters. The maximum atomic E-state index is 5.22. The maximum absolute atomic E-state index is 5.22. The fraction of sp³-hybridized carbons (Fsp3) is 1.00. The first kappa shape index (κ1) is 10.8. The first-order valence-electron chi connectivity index (χ1n) is 5.69. The van der Waals surface area contributed by atoms with Gasteiger partial charge in [-0.1, -0.05) is 12.8 Å². The predicted molar refractivity (Wildman–Crippen MR) is 61.9 cm³/mol. The van der Waals surface area contributed by atoms with Crippen LogP contribution in [0.1, 0.15) is 32.1 Å². The summed E-state index contributed by atoms with van der Waals surface area (Å²) in [6.45, 7) is 0.910. The van der Waals surface area contributed by atoms with Crippen LogP contribution in [0.5, 0.6) is 0 Å². The van der Waals surface area contributed by atoms with E-state index in [1.54, 1.807) is 0 Å². The molecule has 0 unspecified atom stereocenters. The van der Waals surface area contributed by atoms with Crippen molar-refractivity contribution in [3.05, 3.63) is 0 Å². The minimum absolute atomic E-state index is 0.432. The Hall–Kier alpha value is 0.270. The van der Waals surface area contributed by atoms with E-state index in [0.29, 0.717) is 5.54 Å². The number of ether oxygens (including phenoxy) is 1. The Morgan fingerprint density at radius 3 is 2.57 bits per heavy atom. The van der Waals surface area contributed by atoms with Crippen molar-refractivity contribution in [1.82, 2.24) is 5.32 Å². The molecule has 1 heterocycles. The summed E-state index contributed by atoms with van der Waals surface area (Å²) in [4.78, 5) is 0. The third-order valence-corrected chi connectivity index (χ3v) is 4.77. The van der Waals surface area contributed by atoms with Crippen LogP contribution in [-0.4, -0.2) is 36.8 Å². The van der Waals surface area contributed by atoms with Gasteiger partial charge in [-0.25, -0.2) is 0 Å². The molecule has 14 heavy (non-hydrogen) atoms. The highest BCUT2D eigenvalue weighted by atomic mass is 32.2. The van der Waals surface area contributed by atoms with Crippen molar-refractivity contribution < 1.29 is 4.74 Å². The molecule has 2 rings (SSSR count). The molecule has 3 heteroatoms. The van der Waals surface area contributed by atoms with Gasteiger partial charge in [0.1, 0.15) is 0 Å². The molecule has 0 aromatic heterocycles. The van der Waals surface area contributed by atoms with Crippen molar-refractivity contribution in [3.8, 4) is 0 Å². The summed E-state index contributed by atoms with van der Waals surface area (Å²) in [5, 5.41) is 3.86. The maximum Gasteiger partial charge on any atom is 0.0479 e. The van der Waals surface area contributed by atoms with Crippen LogP contribution in [0.2, 0.25) is 0 Å². The molecule has 1 N–H and O–H groups in total. The lowest BCUT2D eigenvalue weighted by molar-refractivity contribution is 0.150. The van der Waals surface area contributed by atoms with Gasteiger partial charge in [-0.3, -0.25) is 0 Å². The van der Waals surface area contributed by atoms with Crippen LogP contribution in [-0.2, 0) is 4.74 Å². The molecule has 2 aliphatic rings. The monoisotopic (exact) mass is 215 g/mol. The lowest BCUT2D eigenvalue weighted by Gasteiger charge is -2.38. The van der Waals surface area contributed by atoms with Crippen molar-refractivity contribution >= 4 is 11.8 Å². The molecule has 1 aliphatic heterocycles. The Balaban J connectivity index is 1.84. The molecular formula is C11H21NOS. The number of rotatable bonds is 5. The summed E-state index contributed by atoms with van der Waals surface area (Å²) in [7, 11) is 1.81. The number of thioether (sulfide) groups is 1. The van der Waals surface area contributed by atoms with E-state index in [0.717, 1.165) is 12.6 Å². The predicted octanol–water partition coefficient (Wildman–Crippen LogP) is 2.04. The first-order valence-corrected chi connectivity index (χ1v) is 6.84. The molecule has 0 amide bonds. The highest BCUT2D eigenvalue weighted by Crippen LogP contribution is 2.34. The normalized spacial score (nSPS) is 26.4. The van der Waals surface area contributed by atoms with Crippen LogP contribution in [0, 0.1) is 0 Å². The molecule has 1 aliphatic carbocycles. The summed E-state index contributed by atoms with van der Waals surface area (Å²) < 4.78 is 5.22. The van der Waals surface area contributed by atoms with Gasteiger partial charge in [0.25, 0.3) is 0 Å². The second-order valence-corrected chi connectivity index (χ2v) is 5.68. The van der Waals surface area contributed by atoms with E-state index in [4.69, 9.17) is 4.74 Å². The van der Waals surface area contributed by atoms with Crippen molar-refractivity contribution in [3.63, 3.8) is 0 Å². The highest BCUT2D eigenvalue weighted by molar-refractivity contribution is 8.00. The van der Waals surface area contributed by atoms with Gasteiger partial charge in [0.15, 0.2) is 0 Å². The molecule has 0 aromatic rings. The lowest BCUT2D eigenvalue weighted by Crippen LogP contribution is -2.54. The average Bonchev–Trinajstić information content (AvgIpc) is 2.58. The summed E-state index contributed by atoms with van der Waals surface area (Å²) in [5.74, 6) is 2.63. The molecule has 82 valence electrons. The lowest BCUT2D eigenvalue weighted by atomic mass is 9.92. The smallest absolute Gasteiger partial charge is 0.0479 e. The van der Waals surface area contributed by atoms with E-state index >= 15 is 0 Å². The Bertz CT molecular complexity index is 176. The molecular weight excluding hydrogens is 194 g/mol. The topological polar surface area (TPSA) is 21.3 Å². The zero-order valence-electron chi connectivity index (χ0n) is 9.05. The van der Waals surface area contributed by atoms with Crippen LogP contribution < -0.4 is 5.32 Å². The fourth-order valence-electron chi connectivity index (χ4n) is 2.57. The average molecular weight is 215 g/mol. The first-order chi connectivity index (χ1) is 6.85. The second-order valence-electron chi connectivity index (χ2n) is 4.61. The Morgan fingerprint density at radius 2 is 2.07 bits per heavy atom. The third kappa shape index (κ3) is 2.44. The SMILES string of the molecule is COCCC1(NC2CSC2)CCCC1. The minimum Gasteiger partial charge on any atom is -0.385 e. The number of hydrogen-bond acceptors (Lipinski definition) is 3. The van der Waals surface area contributed by atoms with Crippen LogP contribution in [0.15, 0.2) is 0 Å². The quantitative estimate of drug-likeness (QED) is 0.758. The van der Waals surface area contributed by atoms with E-state index < -0.39 is 0 Å². The van der Waals surface area contributed by atoms with E-state index in [1.807, 2.05) is 7.11 Å². The molecule has 0 spiro atoms. The van der Waals surface area contributed by atoms with Gasteiger partial charge in [0, 0.05) is 36.8 Å². The fourth-order valence-corrected chi connectivity index (χ4v) is 3.21.